The van der Waals surface area contributed by atoms with E-state index >= 15 is 0 Å². The van der Waals surface area contributed by atoms with E-state index in [9.17, 15) is 33.6 Å². The van der Waals surface area contributed by atoms with E-state index in [-0.39, 0.29) is 101 Å². The summed E-state index contributed by atoms with van der Waals surface area (Å²) in [5.41, 5.74) is 6.16. The number of imide groups is 1. The second-order valence-electron chi connectivity index (χ2n) is 13.8. The first-order valence-corrected chi connectivity index (χ1v) is 17.2. The van der Waals surface area contributed by atoms with Gasteiger partial charge in [0.2, 0.25) is 11.8 Å². The first-order chi connectivity index (χ1) is 23.6. The van der Waals surface area contributed by atoms with E-state index in [1.54, 1.807) is 45.0 Å². The van der Waals surface area contributed by atoms with Crippen molar-refractivity contribution in [3.63, 3.8) is 0 Å². The van der Waals surface area contributed by atoms with E-state index in [1.807, 2.05) is 13.8 Å². The molecule has 2 rings (SSSR count). The molecule has 3 N–H and O–H groups in total. The van der Waals surface area contributed by atoms with Crippen molar-refractivity contribution in [2.45, 2.75) is 92.2 Å². The molecule has 0 aliphatic carbocycles. The standard InChI is InChI=1S/C37H53N3O10/c1-25(2)29(23-28(41)16-18-48-20-21-49-19-17-40-33(44)14-15-34(40)45)35(46)39-30(8-6-7-9-32(38)43)31(42)22-26-10-12-27(13-11-26)24-50-36(47)37(3,4)5/h10-15,25,29-30H,6-9,16-24H2,1-5H3,(H2,38,43)(H,39,46)/t29-,30-/m0/s1. The molecule has 1 aromatic carbocycles. The van der Waals surface area contributed by atoms with Crippen molar-refractivity contribution in [2.75, 3.05) is 33.0 Å². The highest BCUT2D eigenvalue weighted by Crippen LogP contribution is 2.20. The van der Waals surface area contributed by atoms with Gasteiger partial charge in [0.1, 0.15) is 12.4 Å². The number of unbranched alkanes of at least 4 members (excludes halogenated alkanes) is 1. The molecule has 13 heteroatoms. The SMILES string of the molecule is CC(C)[C@H](CC(=O)CCOCCOCCN1C(=O)C=CC1=O)C(=O)N[C@@H](CCCCC(N)=O)C(=O)Cc1ccc(COC(=O)C(C)(C)C)cc1. The lowest BCUT2D eigenvalue weighted by molar-refractivity contribution is -0.154. The number of ether oxygens (including phenoxy) is 3. The fourth-order valence-electron chi connectivity index (χ4n) is 4.98. The number of ketones is 2. The van der Waals surface area contributed by atoms with Gasteiger partial charge in [0.05, 0.1) is 44.4 Å². The molecule has 0 aromatic heterocycles. The first kappa shape index (κ1) is 41.9. The highest BCUT2D eigenvalue weighted by molar-refractivity contribution is 6.12. The van der Waals surface area contributed by atoms with Gasteiger partial charge in [-0.2, -0.15) is 0 Å². The van der Waals surface area contributed by atoms with Gasteiger partial charge in [-0.1, -0.05) is 44.5 Å². The number of Topliss-reactive ketones (excluding diaryl/α,β-unsaturated/α-hetero) is 2. The van der Waals surface area contributed by atoms with Gasteiger partial charge in [0.15, 0.2) is 5.78 Å². The summed E-state index contributed by atoms with van der Waals surface area (Å²) in [5.74, 6) is -3.08. The first-order valence-electron chi connectivity index (χ1n) is 17.2. The van der Waals surface area contributed by atoms with Crippen molar-refractivity contribution >= 4 is 41.2 Å². The second kappa shape index (κ2) is 21.1. The van der Waals surface area contributed by atoms with Gasteiger partial charge >= 0.3 is 5.97 Å². The predicted molar refractivity (Wildman–Crippen MR) is 184 cm³/mol. The Morgan fingerprint density at radius 3 is 2.02 bits per heavy atom. The van der Waals surface area contributed by atoms with Crippen molar-refractivity contribution in [3.05, 3.63) is 47.5 Å². The summed E-state index contributed by atoms with van der Waals surface area (Å²) in [6.45, 7) is 10.0. The topological polar surface area (TPSA) is 188 Å². The Hall–Kier alpha value is -4.23. The van der Waals surface area contributed by atoms with Crippen LogP contribution in [-0.2, 0) is 60.8 Å². The molecule has 4 amide bonds. The Morgan fingerprint density at radius 1 is 0.840 bits per heavy atom. The summed E-state index contributed by atoms with van der Waals surface area (Å²) >= 11 is 0. The molecular weight excluding hydrogens is 646 g/mol. The van der Waals surface area contributed by atoms with Gasteiger partial charge in [-0.3, -0.25) is 38.5 Å². The number of carbonyl (C=O) groups excluding carboxylic acids is 7. The van der Waals surface area contributed by atoms with E-state index in [4.69, 9.17) is 19.9 Å². The molecular formula is C37H53N3O10. The van der Waals surface area contributed by atoms with E-state index < -0.39 is 29.2 Å². The van der Waals surface area contributed by atoms with Crippen molar-refractivity contribution in [2.24, 2.45) is 23.0 Å². The van der Waals surface area contributed by atoms with Crippen LogP contribution in [0.25, 0.3) is 0 Å². The summed E-state index contributed by atoms with van der Waals surface area (Å²) in [6.07, 6.45) is 4.02. The minimum atomic E-state index is -0.819. The monoisotopic (exact) mass is 699 g/mol. The Labute approximate surface area is 294 Å². The average Bonchev–Trinajstić information content (AvgIpc) is 3.37. The van der Waals surface area contributed by atoms with Gasteiger partial charge in [-0.15, -0.1) is 0 Å². The molecule has 1 aromatic rings. The zero-order chi connectivity index (χ0) is 37.3. The van der Waals surface area contributed by atoms with Gasteiger partial charge in [0.25, 0.3) is 11.8 Å². The number of nitrogens with zero attached hydrogens (tertiary/aromatic N) is 1. The Kier molecular flexibility index (Phi) is 17.7. The van der Waals surface area contributed by atoms with Gasteiger partial charge in [0, 0.05) is 43.8 Å². The smallest absolute Gasteiger partial charge is 0.311 e. The van der Waals surface area contributed by atoms with Crippen molar-refractivity contribution in [1.82, 2.24) is 10.2 Å². The van der Waals surface area contributed by atoms with Gasteiger partial charge < -0.3 is 25.3 Å². The molecule has 1 heterocycles. The number of nitrogens with one attached hydrogen (secondary N) is 1. The number of nitrogens with two attached hydrogens (primary N) is 1. The van der Waals surface area contributed by atoms with Gasteiger partial charge in [-0.05, 0) is 50.7 Å². The molecule has 50 heavy (non-hydrogen) atoms. The highest BCUT2D eigenvalue weighted by Gasteiger charge is 2.29. The normalized spacial score (nSPS) is 14.2. The number of amides is 4. The minimum Gasteiger partial charge on any atom is -0.460 e. The molecule has 2 atom stereocenters. The molecule has 0 radical (unpaired) electrons. The maximum Gasteiger partial charge on any atom is 0.311 e. The predicted octanol–water partition coefficient (Wildman–Crippen LogP) is 3.00. The summed E-state index contributed by atoms with van der Waals surface area (Å²) in [7, 11) is 0. The van der Waals surface area contributed by atoms with Crippen LogP contribution < -0.4 is 11.1 Å². The van der Waals surface area contributed by atoms with E-state index in [0.29, 0.717) is 19.3 Å². The minimum absolute atomic E-state index is 0.0148. The summed E-state index contributed by atoms with van der Waals surface area (Å²) in [5, 5.41) is 2.88. The zero-order valence-electron chi connectivity index (χ0n) is 30.0. The van der Waals surface area contributed by atoms with Crippen LogP contribution in [0.2, 0.25) is 0 Å². The third-order valence-electron chi connectivity index (χ3n) is 8.10. The van der Waals surface area contributed by atoms with E-state index in [2.05, 4.69) is 5.32 Å². The molecule has 0 unspecified atom stereocenters. The molecule has 0 fully saturated rings. The van der Waals surface area contributed by atoms with Crippen LogP contribution in [-0.4, -0.2) is 85.1 Å². The van der Waals surface area contributed by atoms with Crippen molar-refractivity contribution in [1.29, 1.82) is 0 Å². The third-order valence-corrected chi connectivity index (χ3v) is 8.10. The number of esters is 1. The fourth-order valence-corrected chi connectivity index (χ4v) is 4.98. The third kappa shape index (κ3) is 15.5. The summed E-state index contributed by atoms with van der Waals surface area (Å²) < 4.78 is 16.2. The number of hydrogen-bond donors (Lipinski definition) is 2. The Bertz CT molecular complexity index is 1350. The average molecular weight is 700 g/mol. The fraction of sp³-hybridized carbons (Fsp3) is 0.595. The lowest BCUT2D eigenvalue weighted by Gasteiger charge is -2.24. The van der Waals surface area contributed by atoms with Crippen molar-refractivity contribution in [3.8, 4) is 0 Å². The van der Waals surface area contributed by atoms with Gasteiger partial charge in [-0.25, -0.2) is 0 Å². The number of primary amides is 1. The molecule has 0 saturated heterocycles. The van der Waals surface area contributed by atoms with Crippen LogP contribution in [0, 0.1) is 17.3 Å². The van der Waals surface area contributed by atoms with Crippen molar-refractivity contribution < 1.29 is 47.8 Å². The molecule has 0 saturated carbocycles. The molecule has 0 spiro atoms. The van der Waals surface area contributed by atoms with E-state index in [0.717, 1.165) is 16.0 Å². The van der Waals surface area contributed by atoms with E-state index in [1.165, 1.54) is 12.2 Å². The second-order valence-corrected chi connectivity index (χ2v) is 13.8. The van der Waals surface area contributed by atoms with Crippen LogP contribution in [0.3, 0.4) is 0 Å². The lowest BCUT2D eigenvalue weighted by Crippen LogP contribution is -2.45. The lowest BCUT2D eigenvalue weighted by atomic mass is 9.88. The van der Waals surface area contributed by atoms with Crippen LogP contribution in [0.5, 0.6) is 0 Å². The quantitative estimate of drug-likeness (QED) is 0.0922. The largest absolute Gasteiger partial charge is 0.460 e. The molecule has 1 aliphatic rings. The number of hydrogen-bond acceptors (Lipinski definition) is 10. The highest BCUT2D eigenvalue weighted by atomic mass is 16.5. The Balaban J connectivity index is 1.87. The number of benzene rings is 1. The van der Waals surface area contributed by atoms with Crippen LogP contribution in [0.15, 0.2) is 36.4 Å². The molecule has 1 aliphatic heterocycles. The summed E-state index contributed by atoms with van der Waals surface area (Å²) in [4.78, 5) is 87.2. The maximum absolute atomic E-state index is 13.5. The maximum atomic E-state index is 13.5. The Morgan fingerprint density at radius 2 is 1.44 bits per heavy atom. The van der Waals surface area contributed by atoms with Crippen LogP contribution in [0.4, 0.5) is 0 Å². The zero-order valence-corrected chi connectivity index (χ0v) is 30.0. The molecule has 0 bridgehead atoms. The summed E-state index contributed by atoms with van der Waals surface area (Å²) in [6, 6.07) is 6.32. The molecule has 276 valence electrons. The number of rotatable bonds is 24. The van der Waals surface area contributed by atoms with Crippen LogP contribution in [0.1, 0.15) is 84.3 Å². The van der Waals surface area contributed by atoms with Crippen LogP contribution >= 0.6 is 0 Å². The molecule has 13 nitrogen and oxygen atoms in total. The number of carbonyl (C=O) groups is 7.